The number of hydrogen-bond acceptors (Lipinski definition) is 4. The molecule has 7 heteroatoms. The molecule has 0 radical (unpaired) electrons. The molecule has 5 aliphatic carbocycles. The number of aryl methyl sites for hydroxylation is 2. The summed E-state index contributed by atoms with van der Waals surface area (Å²) in [5.41, 5.74) is 12.2. The molecular weight excluding hydrogens is 410 g/mol. The third-order valence-electron chi connectivity index (χ3n) is 10.2. The van der Waals surface area contributed by atoms with Gasteiger partial charge >= 0.3 is 6.03 Å². The van der Waals surface area contributed by atoms with Crippen molar-refractivity contribution < 1.29 is 13.2 Å². The SMILES string of the molecule is CC12CC3CC(N)[C@](CS(=O)(=O)NC(=O)Nc4c5c(cc6c4CCC6)CCC5)(C1)C32C. The first kappa shape index (κ1) is 20.0. The molecule has 3 fully saturated rings. The number of fused-ring (bicyclic) bond motifs is 2. The van der Waals surface area contributed by atoms with Gasteiger partial charge in [-0.15, -0.1) is 0 Å². The number of carbonyl (C=O) groups is 1. The molecule has 0 bridgehead atoms. The monoisotopic (exact) mass is 443 g/mol. The minimum Gasteiger partial charge on any atom is -0.327 e. The number of benzene rings is 1. The van der Waals surface area contributed by atoms with Gasteiger partial charge in [-0.1, -0.05) is 19.9 Å². The van der Waals surface area contributed by atoms with Crippen molar-refractivity contribution in [1.82, 2.24) is 4.72 Å². The van der Waals surface area contributed by atoms with E-state index in [1.165, 1.54) is 22.3 Å². The molecule has 2 amide bonds. The topological polar surface area (TPSA) is 101 Å². The van der Waals surface area contributed by atoms with Crippen molar-refractivity contribution >= 4 is 21.7 Å². The maximum atomic E-state index is 13.1. The van der Waals surface area contributed by atoms with Crippen LogP contribution in [0.25, 0.3) is 0 Å². The quantitative estimate of drug-likeness (QED) is 0.665. The van der Waals surface area contributed by atoms with Crippen LogP contribution >= 0.6 is 0 Å². The lowest BCUT2D eigenvalue weighted by Gasteiger charge is -2.76. The largest absolute Gasteiger partial charge is 0.332 e. The number of anilines is 1. The van der Waals surface area contributed by atoms with Gasteiger partial charge in [-0.2, -0.15) is 0 Å². The van der Waals surface area contributed by atoms with Crippen LogP contribution in [0.5, 0.6) is 0 Å². The third-order valence-corrected chi connectivity index (χ3v) is 11.6. The van der Waals surface area contributed by atoms with Crippen molar-refractivity contribution in [3.8, 4) is 0 Å². The molecule has 168 valence electrons. The smallest absolute Gasteiger partial charge is 0.327 e. The maximum Gasteiger partial charge on any atom is 0.332 e. The van der Waals surface area contributed by atoms with Crippen LogP contribution in [0.3, 0.4) is 0 Å². The van der Waals surface area contributed by atoms with Gasteiger partial charge in [-0.3, -0.25) is 0 Å². The summed E-state index contributed by atoms with van der Waals surface area (Å²) in [5, 5.41) is 2.95. The summed E-state index contributed by atoms with van der Waals surface area (Å²) in [6.45, 7) is 4.49. The predicted molar refractivity (Wildman–Crippen MR) is 120 cm³/mol. The lowest BCUT2D eigenvalue weighted by atomic mass is 9.28. The van der Waals surface area contributed by atoms with E-state index in [1.54, 1.807) is 0 Å². The zero-order valence-corrected chi connectivity index (χ0v) is 19.3. The molecule has 0 saturated heterocycles. The number of nitrogens with one attached hydrogen (secondary N) is 2. The van der Waals surface area contributed by atoms with E-state index in [1.807, 2.05) is 0 Å². The molecule has 1 aromatic carbocycles. The van der Waals surface area contributed by atoms with Crippen LogP contribution in [0.2, 0.25) is 0 Å². The molecule has 4 N–H and O–H groups in total. The first-order chi connectivity index (χ1) is 14.6. The van der Waals surface area contributed by atoms with Crippen LogP contribution in [-0.2, 0) is 35.7 Å². The van der Waals surface area contributed by atoms with Gasteiger partial charge in [-0.25, -0.2) is 17.9 Å². The summed E-state index contributed by atoms with van der Waals surface area (Å²) < 4.78 is 28.6. The fraction of sp³-hybridized carbons (Fsp3) is 0.708. The normalized spacial score (nSPS) is 39.2. The second-order valence-electron chi connectivity index (χ2n) is 11.4. The zero-order chi connectivity index (χ0) is 21.8. The number of amides is 2. The van der Waals surface area contributed by atoms with E-state index in [2.05, 4.69) is 30.0 Å². The van der Waals surface area contributed by atoms with Gasteiger partial charge in [0.25, 0.3) is 0 Å². The number of carbonyl (C=O) groups excluding carboxylic acids is 1. The summed E-state index contributed by atoms with van der Waals surface area (Å²) in [7, 11) is -3.80. The summed E-state index contributed by atoms with van der Waals surface area (Å²) in [4.78, 5) is 12.9. The van der Waals surface area contributed by atoms with E-state index in [9.17, 15) is 13.2 Å². The third kappa shape index (κ3) is 2.42. The van der Waals surface area contributed by atoms with E-state index in [0.29, 0.717) is 5.92 Å². The lowest BCUT2D eigenvalue weighted by Crippen LogP contribution is -2.74. The highest BCUT2D eigenvalue weighted by Gasteiger charge is 2.83. The molecule has 0 spiro atoms. The molecule has 6 rings (SSSR count). The molecule has 31 heavy (non-hydrogen) atoms. The van der Waals surface area contributed by atoms with Gasteiger partial charge in [0.2, 0.25) is 10.0 Å². The fourth-order valence-electron chi connectivity index (χ4n) is 8.66. The van der Waals surface area contributed by atoms with Crippen LogP contribution in [0.4, 0.5) is 10.5 Å². The van der Waals surface area contributed by atoms with Crippen molar-refractivity contribution in [1.29, 1.82) is 0 Å². The maximum absolute atomic E-state index is 13.1. The highest BCUT2D eigenvalue weighted by Crippen LogP contribution is 2.86. The van der Waals surface area contributed by atoms with Gasteiger partial charge in [0, 0.05) is 17.1 Å². The number of nitrogens with two attached hydrogens (primary N) is 1. The molecule has 5 atom stereocenters. The van der Waals surface area contributed by atoms with E-state index in [-0.39, 0.29) is 22.6 Å². The number of hydrogen-bond donors (Lipinski definition) is 3. The highest BCUT2D eigenvalue weighted by molar-refractivity contribution is 7.90. The van der Waals surface area contributed by atoms with Gasteiger partial charge in [0.05, 0.1) is 5.75 Å². The second kappa shape index (κ2) is 6.04. The summed E-state index contributed by atoms with van der Waals surface area (Å²) >= 11 is 0. The van der Waals surface area contributed by atoms with Gasteiger partial charge < -0.3 is 11.1 Å². The molecule has 1 aromatic rings. The number of sulfonamides is 1. The van der Waals surface area contributed by atoms with Gasteiger partial charge in [-0.05, 0) is 96.8 Å². The highest BCUT2D eigenvalue weighted by atomic mass is 32.2. The lowest BCUT2D eigenvalue weighted by molar-refractivity contribution is -0.273. The Balaban J connectivity index is 1.22. The second-order valence-corrected chi connectivity index (χ2v) is 13.1. The van der Waals surface area contributed by atoms with Crippen molar-refractivity contribution in [2.75, 3.05) is 11.1 Å². The van der Waals surface area contributed by atoms with E-state index >= 15 is 0 Å². The van der Waals surface area contributed by atoms with E-state index in [0.717, 1.165) is 63.5 Å². The Kier molecular flexibility index (Phi) is 3.91. The Morgan fingerprint density at radius 3 is 2.39 bits per heavy atom. The van der Waals surface area contributed by atoms with Crippen molar-refractivity contribution in [2.24, 2.45) is 27.9 Å². The Labute approximate surface area is 184 Å². The summed E-state index contributed by atoms with van der Waals surface area (Å²) in [6.07, 6.45) is 9.04. The van der Waals surface area contributed by atoms with Crippen LogP contribution in [0.15, 0.2) is 6.07 Å². The first-order valence-corrected chi connectivity index (χ1v) is 13.5. The molecule has 4 unspecified atom stereocenters. The van der Waals surface area contributed by atoms with Crippen LogP contribution in [-0.4, -0.2) is 26.2 Å². The molecule has 5 aliphatic rings. The average Bonchev–Trinajstić information content (AvgIpc) is 3.34. The standard InChI is InChI=1S/C24H33N3O3S/c1-22-11-16-10-19(25)24(12-22,23(16,22)2)13-31(29,30)27-21(28)26-20-17-7-3-5-14(17)9-15-6-4-8-18(15)20/h9,16,19H,3-8,10-13,25H2,1-2H3,(H2,26,27,28)/t16?,19?,22?,23?,24-/m1/s1. The molecule has 0 aliphatic heterocycles. The molecular formula is C24H33N3O3S. The molecule has 0 aromatic heterocycles. The fourth-order valence-corrected chi connectivity index (χ4v) is 10.4. The first-order valence-electron chi connectivity index (χ1n) is 11.8. The Bertz CT molecular complexity index is 1080. The number of rotatable bonds is 4. The summed E-state index contributed by atoms with van der Waals surface area (Å²) in [5.74, 6) is 0.460. The molecule has 0 heterocycles. The molecule has 3 saturated carbocycles. The van der Waals surface area contributed by atoms with Crippen LogP contribution < -0.4 is 15.8 Å². The van der Waals surface area contributed by atoms with Crippen LogP contribution in [0.1, 0.15) is 68.2 Å². The van der Waals surface area contributed by atoms with E-state index < -0.39 is 21.5 Å². The van der Waals surface area contributed by atoms with Gasteiger partial charge in [0.15, 0.2) is 0 Å². The molecule has 6 nitrogen and oxygen atoms in total. The van der Waals surface area contributed by atoms with Crippen molar-refractivity contribution in [3.63, 3.8) is 0 Å². The van der Waals surface area contributed by atoms with Crippen molar-refractivity contribution in [2.45, 2.75) is 77.7 Å². The van der Waals surface area contributed by atoms with E-state index in [4.69, 9.17) is 5.73 Å². The van der Waals surface area contributed by atoms with Crippen molar-refractivity contribution in [3.05, 3.63) is 28.3 Å². The number of urea groups is 1. The minimum atomic E-state index is -3.80. The Morgan fingerprint density at radius 1 is 1.13 bits per heavy atom. The van der Waals surface area contributed by atoms with Gasteiger partial charge in [0.1, 0.15) is 0 Å². The Morgan fingerprint density at radius 2 is 1.77 bits per heavy atom. The predicted octanol–water partition coefficient (Wildman–Crippen LogP) is 3.27. The Hall–Kier alpha value is -1.60. The zero-order valence-electron chi connectivity index (χ0n) is 18.5. The summed E-state index contributed by atoms with van der Waals surface area (Å²) in [6, 6.07) is 1.56. The van der Waals surface area contributed by atoms with Crippen LogP contribution in [0, 0.1) is 22.2 Å². The average molecular weight is 444 g/mol. The minimum absolute atomic E-state index is 0.0221.